The summed E-state index contributed by atoms with van der Waals surface area (Å²) in [7, 11) is 1.43. The van der Waals surface area contributed by atoms with Gasteiger partial charge in [0.1, 0.15) is 17.1 Å². The first kappa shape index (κ1) is 14.6. The average Bonchev–Trinajstić information content (AvgIpc) is 2.40. The fraction of sp³-hybridized carbons (Fsp3) is 0.0714. The molecular weight excluding hydrogens is 306 g/mol. The van der Waals surface area contributed by atoms with Crippen molar-refractivity contribution < 1.29 is 19.0 Å². The summed E-state index contributed by atoms with van der Waals surface area (Å²) in [5, 5.41) is 9.61. The van der Waals surface area contributed by atoms with Gasteiger partial charge in [0.15, 0.2) is 0 Å². The molecule has 20 heavy (non-hydrogen) atoms. The van der Waals surface area contributed by atoms with Crippen LogP contribution in [-0.4, -0.2) is 18.2 Å². The number of hydrogen-bond donors (Lipinski definition) is 1. The van der Waals surface area contributed by atoms with Gasteiger partial charge in [0.2, 0.25) is 0 Å². The predicted octanol–water partition coefficient (Wildman–Crippen LogP) is 4.51. The molecule has 0 aromatic heterocycles. The molecule has 0 aliphatic rings. The molecule has 2 rings (SSSR count). The van der Waals surface area contributed by atoms with Crippen LogP contribution in [0.2, 0.25) is 10.0 Å². The van der Waals surface area contributed by atoms with Crippen LogP contribution in [0, 0.1) is 5.82 Å². The number of carbonyl (C=O) groups is 1. The standard InChI is InChI=1S/C14H9Cl2FO3/c1-20-12-6-9(15)8(5-10(12)16)7-3-2-4-11(17)13(7)14(18)19/h2-6H,1H3,(H,18,19). The van der Waals surface area contributed by atoms with E-state index in [9.17, 15) is 9.18 Å². The lowest BCUT2D eigenvalue weighted by molar-refractivity contribution is 0.0693. The second-order valence-electron chi connectivity index (χ2n) is 3.93. The first-order valence-electron chi connectivity index (χ1n) is 5.51. The van der Waals surface area contributed by atoms with Crippen LogP contribution in [0.15, 0.2) is 30.3 Å². The van der Waals surface area contributed by atoms with Crippen LogP contribution >= 0.6 is 23.2 Å². The van der Waals surface area contributed by atoms with Crippen LogP contribution in [0.3, 0.4) is 0 Å². The first-order valence-corrected chi connectivity index (χ1v) is 6.26. The van der Waals surface area contributed by atoms with Crippen molar-refractivity contribution in [2.75, 3.05) is 7.11 Å². The Balaban J connectivity index is 2.72. The molecular formula is C14H9Cl2FO3. The molecule has 104 valence electrons. The van der Waals surface area contributed by atoms with Crippen LogP contribution in [0.1, 0.15) is 10.4 Å². The van der Waals surface area contributed by atoms with Crippen LogP contribution < -0.4 is 4.74 Å². The van der Waals surface area contributed by atoms with Gasteiger partial charge in [-0.3, -0.25) is 0 Å². The molecule has 2 aromatic rings. The highest BCUT2D eigenvalue weighted by Gasteiger charge is 2.19. The normalized spacial score (nSPS) is 10.4. The third-order valence-corrected chi connectivity index (χ3v) is 3.37. The molecule has 0 spiro atoms. The van der Waals surface area contributed by atoms with Gasteiger partial charge >= 0.3 is 5.97 Å². The topological polar surface area (TPSA) is 46.5 Å². The second-order valence-corrected chi connectivity index (χ2v) is 4.75. The van der Waals surface area contributed by atoms with Crippen LogP contribution in [0.5, 0.6) is 5.75 Å². The summed E-state index contributed by atoms with van der Waals surface area (Å²) in [6.45, 7) is 0. The van der Waals surface area contributed by atoms with Crippen molar-refractivity contribution in [2.24, 2.45) is 0 Å². The van der Waals surface area contributed by atoms with E-state index in [1.54, 1.807) is 0 Å². The largest absolute Gasteiger partial charge is 0.495 e. The summed E-state index contributed by atoms with van der Waals surface area (Å²) in [6.07, 6.45) is 0. The van der Waals surface area contributed by atoms with Gasteiger partial charge < -0.3 is 9.84 Å². The minimum atomic E-state index is -1.37. The number of methoxy groups -OCH3 is 1. The molecule has 6 heteroatoms. The predicted molar refractivity (Wildman–Crippen MR) is 75.4 cm³/mol. The number of carboxylic acid groups (broad SMARTS) is 1. The van der Waals surface area contributed by atoms with E-state index in [0.717, 1.165) is 6.07 Å². The van der Waals surface area contributed by atoms with Gasteiger partial charge in [0.05, 0.1) is 17.2 Å². The fourth-order valence-corrected chi connectivity index (χ4v) is 2.35. The Labute approximate surface area is 124 Å². The van der Waals surface area contributed by atoms with Gasteiger partial charge in [0.25, 0.3) is 0 Å². The molecule has 2 aromatic carbocycles. The van der Waals surface area contributed by atoms with Gasteiger partial charge in [-0.05, 0) is 12.1 Å². The highest BCUT2D eigenvalue weighted by molar-refractivity contribution is 6.36. The molecule has 3 nitrogen and oxygen atoms in total. The summed E-state index contributed by atoms with van der Waals surface area (Å²) in [5.74, 6) is -1.85. The smallest absolute Gasteiger partial charge is 0.339 e. The SMILES string of the molecule is COc1cc(Cl)c(-c2cccc(F)c2C(=O)O)cc1Cl. The maximum Gasteiger partial charge on any atom is 0.339 e. The monoisotopic (exact) mass is 314 g/mol. The van der Waals surface area contributed by atoms with Gasteiger partial charge in [0, 0.05) is 17.2 Å². The van der Waals surface area contributed by atoms with Gasteiger partial charge in [-0.1, -0.05) is 35.3 Å². The van der Waals surface area contributed by atoms with Gasteiger partial charge in [-0.2, -0.15) is 0 Å². The van der Waals surface area contributed by atoms with E-state index >= 15 is 0 Å². The highest BCUT2D eigenvalue weighted by Crippen LogP contribution is 2.38. The first-order chi connectivity index (χ1) is 9.45. The van der Waals surface area contributed by atoms with E-state index in [1.807, 2.05) is 0 Å². The number of aromatic carboxylic acids is 1. The number of carboxylic acids is 1. The molecule has 0 atom stereocenters. The second kappa shape index (κ2) is 5.69. The molecule has 0 aliphatic carbocycles. The van der Waals surface area contributed by atoms with Gasteiger partial charge in [-0.25, -0.2) is 9.18 Å². The van der Waals surface area contributed by atoms with Gasteiger partial charge in [-0.15, -0.1) is 0 Å². The van der Waals surface area contributed by atoms with Crippen LogP contribution in [-0.2, 0) is 0 Å². The zero-order valence-electron chi connectivity index (χ0n) is 10.3. The molecule has 0 fully saturated rings. The van der Waals surface area contributed by atoms with E-state index in [1.165, 1.54) is 31.4 Å². The molecule has 0 radical (unpaired) electrons. The fourth-order valence-electron chi connectivity index (χ4n) is 1.86. The lowest BCUT2D eigenvalue weighted by Crippen LogP contribution is -2.03. The average molecular weight is 315 g/mol. The minimum Gasteiger partial charge on any atom is -0.495 e. The highest BCUT2D eigenvalue weighted by atomic mass is 35.5. The summed E-state index contributed by atoms with van der Waals surface area (Å²) in [6, 6.07) is 6.85. The zero-order chi connectivity index (χ0) is 14.9. The molecule has 0 heterocycles. The summed E-state index contributed by atoms with van der Waals surface area (Å²) in [5.41, 5.74) is 0.0389. The summed E-state index contributed by atoms with van der Waals surface area (Å²) < 4.78 is 18.7. The maximum absolute atomic E-state index is 13.7. The Morgan fingerprint density at radius 1 is 1.20 bits per heavy atom. The van der Waals surface area contributed by atoms with E-state index in [-0.39, 0.29) is 15.6 Å². The van der Waals surface area contributed by atoms with Crippen molar-refractivity contribution in [3.8, 4) is 16.9 Å². The Hall–Kier alpha value is -1.78. The molecule has 0 amide bonds. The number of ether oxygens (including phenoxy) is 1. The van der Waals surface area contributed by atoms with Crippen molar-refractivity contribution in [1.29, 1.82) is 0 Å². The Bertz CT molecular complexity index is 686. The Kier molecular flexibility index (Phi) is 4.16. The summed E-state index contributed by atoms with van der Waals surface area (Å²) in [4.78, 5) is 11.2. The van der Waals surface area contributed by atoms with E-state index in [4.69, 9.17) is 33.0 Å². The van der Waals surface area contributed by atoms with E-state index in [2.05, 4.69) is 0 Å². The van der Waals surface area contributed by atoms with Crippen molar-refractivity contribution in [3.63, 3.8) is 0 Å². The van der Waals surface area contributed by atoms with Crippen molar-refractivity contribution in [1.82, 2.24) is 0 Å². The lowest BCUT2D eigenvalue weighted by Gasteiger charge is -2.11. The zero-order valence-corrected chi connectivity index (χ0v) is 11.8. The van der Waals surface area contributed by atoms with E-state index in [0.29, 0.717) is 11.3 Å². The van der Waals surface area contributed by atoms with E-state index < -0.39 is 17.3 Å². The molecule has 0 saturated carbocycles. The molecule has 0 unspecified atom stereocenters. The number of halogens is 3. The molecule has 1 N–H and O–H groups in total. The third kappa shape index (κ3) is 2.57. The molecule has 0 bridgehead atoms. The van der Waals surface area contributed by atoms with Crippen molar-refractivity contribution >= 4 is 29.2 Å². The number of rotatable bonds is 3. The lowest BCUT2D eigenvalue weighted by atomic mass is 9.99. The quantitative estimate of drug-likeness (QED) is 0.906. The maximum atomic E-state index is 13.7. The van der Waals surface area contributed by atoms with Crippen molar-refractivity contribution in [3.05, 3.63) is 51.8 Å². The number of benzene rings is 2. The Morgan fingerprint density at radius 3 is 2.50 bits per heavy atom. The Morgan fingerprint density at radius 2 is 1.90 bits per heavy atom. The molecule has 0 aliphatic heterocycles. The minimum absolute atomic E-state index is 0.159. The van der Waals surface area contributed by atoms with Crippen molar-refractivity contribution in [2.45, 2.75) is 0 Å². The summed E-state index contributed by atoms with van der Waals surface area (Å²) >= 11 is 12.1. The molecule has 0 saturated heterocycles. The van der Waals surface area contributed by atoms with Crippen LogP contribution in [0.25, 0.3) is 11.1 Å². The third-order valence-electron chi connectivity index (χ3n) is 2.76. The number of hydrogen-bond acceptors (Lipinski definition) is 2. The van der Waals surface area contributed by atoms with Crippen LogP contribution in [0.4, 0.5) is 4.39 Å².